The number of carbonyl (C=O) groups excluding carboxylic acids is 1. The van der Waals surface area contributed by atoms with Gasteiger partial charge in [0.1, 0.15) is 0 Å². The molecule has 0 spiro atoms. The second-order valence-corrected chi connectivity index (χ2v) is 7.26. The maximum atomic E-state index is 12.1. The average Bonchev–Trinajstić information content (AvgIpc) is 3.06. The van der Waals surface area contributed by atoms with Crippen LogP contribution in [0.5, 0.6) is 0 Å². The van der Waals surface area contributed by atoms with Crippen LogP contribution >= 0.6 is 11.8 Å². The minimum Gasteiger partial charge on any atom is -0.352 e. The van der Waals surface area contributed by atoms with Crippen molar-refractivity contribution in [1.29, 1.82) is 0 Å². The van der Waals surface area contributed by atoms with Crippen LogP contribution in [0.4, 0.5) is 0 Å². The van der Waals surface area contributed by atoms with E-state index in [0.29, 0.717) is 23.5 Å². The summed E-state index contributed by atoms with van der Waals surface area (Å²) in [6.07, 6.45) is 4.81. The molecule has 1 N–H and O–H groups in total. The lowest BCUT2D eigenvalue weighted by atomic mass is 9.86. The molecule has 1 heterocycles. The first-order valence-corrected chi connectivity index (χ1v) is 9.59. The highest BCUT2D eigenvalue weighted by molar-refractivity contribution is 7.99. The number of rotatable bonds is 6. The van der Waals surface area contributed by atoms with E-state index in [2.05, 4.69) is 27.8 Å². The van der Waals surface area contributed by atoms with Crippen molar-refractivity contribution in [2.45, 2.75) is 44.4 Å². The first-order valence-electron chi connectivity index (χ1n) is 8.44. The van der Waals surface area contributed by atoms with E-state index in [-0.39, 0.29) is 5.91 Å². The van der Waals surface area contributed by atoms with Crippen LogP contribution in [-0.2, 0) is 10.5 Å². The van der Waals surface area contributed by atoms with Crippen molar-refractivity contribution in [3.8, 4) is 5.69 Å². The number of thioether (sulfide) groups is 1. The van der Waals surface area contributed by atoms with Gasteiger partial charge in [0.2, 0.25) is 5.91 Å². The number of amides is 1. The van der Waals surface area contributed by atoms with Gasteiger partial charge in [-0.15, -0.1) is 16.9 Å². The first-order chi connectivity index (χ1) is 11.7. The lowest BCUT2D eigenvalue weighted by Crippen LogP contribution is -2.41. The molecule has 1 fully saturated rings. The maximum absolute atomic E-state index is 12.1. The Balaban J connectivity index is 1.48. The Hall–Kier alpha value is -1.89. The second-order valence-electron chi connectivity index (χ2n) is 6.27. The SMILES string of the molecule is C[C@@H]1CCCC[C@@H]1NC(=O)CSCc1nnnn1-c1ccccc1. The fourth-order valence-corrected chi connectivity index (χ4v) is 3.81. The van der Waals surface area contributed by atoms with E-state index in [1.165, 1.54) is 19.3 Å². The monoisotopic (exact) mass is 345 g/mol. The van der Waals surface area contributed by atoms with E-state index >= 15 is 0 Å². The highest BCUT2D eigenvalue weighted by Crippen LogP contribution is 2.23. The zero-order valence-corrected chi connectivity index (χ0v) is 14.7. The summed E-state index contributed by atoms with van der Waals surface area (Å²) in [4.78, 5) is 12.1. The van der Waals surface area contributed by atoms with Crippen molar-refractivity contribution in [3.63, 3.8) is 0 Å². The van der Waals surface area contributed by atoms with E-state index in [4.69, 9.17) is 0 Å². The minimum absolute atomic E-state index is 0.109. The van der Waals surface area contributed by atoms with Crippen molar-refractivity contribution >= 4 is 17.7 Å². The van der Waals surface area contributed by atoms with E-state index in [9.17, 15) is 4.79 Å². The summed E-state index contributed by atoms with van der Waals surface area (Å²) in [5.74, 6) is 2.49. The van der Waals surface area contributed by atoms with Crippen LogP contribution in [0, 0.1) is 5.92 Å². The highest BCUT2D eigenvalue weighted by atomic mass is 32.2. The van der Waals surface area contributed by atoms with Gasteiger partial charge in [0.15, 0.2) is 5.82 Å². The zero-order chi connectivity index (χ0) is 16.8. The number of aromatic nitrogens is 4. The summed E-state index contributed by atoms with van der Waals surface area (Å²) < 4.78 is 1.72. The fraction of sp³-hybridized carbons (Fsp3) is 0.529. The summed E-state index contributed by atoms with van der Waals surface area (Å²) in [5.41, 5.74) is 0.929. The highest BCUT2D eigenvalue weighted by Gasteiger charge is 2.22. The summed E-state index contributed by atoms with van der Waals surface area (Å²) in [7, 11) is 0. The third kappa shape index (κ3) is 4.35. The molecule has 2 aromatic rings. The third-order valence-corrected chi connectivity index (χ3v) is 5.39. The number of hydrogen-bond acceptors (Lipinski definition) is 5. The van der Waals surface area contributed by atoms with Crippen LogP contribution in [0.25, 0.3) is 5.69 Å². The number of nitrogens with zero attached hydrogens (tertiary/aromatic N) is 4. The molecule has 1 aliphatic rings. The quantitative estimate of drug-likeness (QED) is 0.871. The molecule has 128 valence electrons. The zero-order valence-electron chi connectivity index (χ0n) is 13.9. The lowest BCUT2D eigenvalue weighted by molar-refractivity contribution is -0.119. The molecule has 3 rings (SSSR count). The lowest BCUT2D eigenvalue weighted by Gasteiger charge is -2.29. The van der Waals surface area contributed by atoms with E-state index in [0.717, 1.165) is 17.9 Å². The van der Waals surface area contributed by atoms with Crippen LogP contribution in [0.2, 0.25) is 0 Å². The molecular weight excluding hydrogens is 322 g/mol. The average molecular weight is 345 g/mol. The first kappa shape index (κ1) is 17.0. The van der Waals surface area contributed by atoms with Crippen molar-refractivity contribution < 1.29 is 4.79 Å². The van der Waals surface area contributed by atoms with Crippen molar-refractivity contribution in [2.75, 3.05) is 5.75 Å². The van der Waals surface area contributed by atoms with E-state index < -0.39 is 0 Å². The molecule has 1 saturated carbocycles. The van der Waals surface area contributed by atoms with E-state index in [1.807, 2.05) is 30.3 Å². The molecule has 2 atom stereocenters. The Bertz CT molecular complexity index is 660. The summed E-state index contributed by atoms with van der Waals surface area (Å²) in [6.45, 7) is 2.23. The van der Waals surface area contributed by atoms with Crippen LogP contribution in [0.3, 0.4) is 0 Å². The van der Waals surface area contributed by atoms with Crippen molar-refractivity contribution in [1.82, 2.24) is 25.5 Å². The Morgan fingerprint density at radius 2 is 2.08 bits per heavy atom. The number of benzene rings is 1. The van der Waals surface area contributed by atoms with Gasteiger partial charge in [-0.2, -0.15) is 4.68 Å². The molecular formula is C17H23N5OS. The van der Waals surface area contributed by atoms with Gasteiger partial charge in [-0.05, 0) is 41.3 Å². The van der Waals surface area contributed by atoms with Gasteiger partial charge in [-0.3, -0.25) is 4.79 Å². The maximum Gasteiger partial charge on any atom is 0.230 e. The Morgan fingerprint density at radius 1 is 1.29 bits per heavy atom. The number of tetrazole rings is 1. The Kier molecular flexibility index (Phi) is 5.85. The number of para-hydroxylation sites is 1. The molecule has 0 unspecified atom stereocenters. The third-order valence-electron chi connectivity index (χ3n) is 4.46. The van der Waals surface area contributed by atoms with Crippen LogP contribution in [-0.4, -0.2) is 37.9 Å². The smallest absolute Gasteiger partial charge is 0.230 e. The normalized spacial score (nSPS) is 20.7. The standard InChI is InChI=1S/C17H23N5OS/c1-13-7-5-6-10-15(13)18-17(23)12-24-11-16-19-20-21-22(16)14-8-3-2-4-9-14/h2-4,8-9,13,15H,5-7,10-12H2,1H3,(H,18,23)/t13-,15+/m1/s1. The van der Waals surface area contributed by atoms with Gasteiger partial charge in [0, 0.05) is 6.04 Å². The molecule has 24 heavy (non-hydrogen) atoms. The van der Waals surface area contributed by atoms with Gasteiger partial charge < -0.3 is 5.32 Å². The molecule has 0 bridgehead atoms. The topological polar surface area (TPSA) is 72.7 Å². The van der Waals surface area contributed by atoms with Gasteiger partial charge >= 0.3 is 0 Å². The molecule has 0 saturated heterocycles. The molecule has 6 nitrogen and oxygen atoms in total. The molecule has 0 radical (unpaired) electrons. The van der Waals surface area contributed by atoms with Gasteiger partial charge in [-0.25, -0.2) is 0 Å². The van der Waals surface area contributed by atoms with Crippen molar-refractivity contribution in [3.05, 3.63) is 36.2 Å². The number of carbonyl (C=O) groups is 1. The van der Waals surface area contributed by atoms with Crippen LogP contribution < -0.4 is 5.32 Å². The van der Waals surface area contributed by atoms with Gasteiger partial charge in [0.25, 0.3) is 0 Å². The number of hydrogen-bond donors (Lipinski definition) is 1. The molecule has 7 heteroatoms. The summed E-state index contributed by atoms with van der Waals surface area (Å²) in [6, 6.07) is 10.1. The molecule has 1 amide bonds. The summed E-state index contributed by atoms with van der Waals surface area (Å²) >= 11 is 1.54. The number of nitrogens with one attached hydrogen (secondary N) is 1. The molecule has 0 aliphatic heterocycles. The minimum atomic E-state index is 0.109. The van der Waals surface area contributed by atoms with Crippen molar-refractivity contribution in [2.24, 2.45) is 5.92 Å². The predicted octanol–water partition coefficient (Wildman–Crippen LogP) is 2.59. The van der Waals surface area contributed by atoms with Gasteiger partial charge in [0.05, 0.1) is 17.2 Å². The predicted molar refractivity (Wildman–Crippen MR) is 94.9 cm³/mol. The van der Waals surface area contributed by atoms with Gasteiger partial charge in [-0.1, -0.05) is 38.0 Å². The summed E-state index contributed by atoms with van der Waals surface area (Å²) in [5, 5.41) is 15.0. The molecule has 1 aromatic carbocycles. The Morgan fingerprint density at radius 3 is 2.88 bits per heavy atom. The van der Waals surface area contributed by atoms with Crippen LogP contribution in [0.15, 0.2) is 30.3 Å². The Labute approximate surface area is 146 Å². The largest absolute Gasteiger partial charge is 0.352 e. The second kappa shape index (κ2) is 8.28. The van der Waals surface area contributed by atoms with E-state index in [1.54, 1.807) is 16.4 Å². The fourth-order valence-electron chi connectivity index (χ4n) is 3.08. The molecule has 1 aliphatic carbocycles. The van der Waals surface area contributed by atoms with Crippen LogP contribution in [0.1, 0.15) is 38.4 Å². The molecule has 1 aromatic heterocycles.